The molecule has 1 heterocycles. The van der Waals surface area contributed by atoms with E-state index < -0.39 is 5.91 Å². The molecule has 5 nitrogen and oxygen atoms in total. The number of nitrogens with one attached hydrogen (secondary N) is 1. The summed E-state index contributed by atoms with van der Waals surface area (Å²) in [7, 11) is 0. The largest absolute Gasteiger partial charge is 0.366 e. The minimum absolute atomic E-state index is 0.213. The fraction of sp³-hybridized carbons (Fsp3) is 0. The van der Waals surface area contributed by atoms with Crippen LogP contribution < -0.4 is 16.4 Å². The van der Waals surface area contributed by atoms with Gasteiger partial charge in [-0.3, -0.25) is 14.9 Å². The van der Waals surface area contributed by atoms with Crippen LogP contribution in [0.3, 0.4) is 0 Å². The van der Waals surface area contributed by atoms with Crippen molar-refractivity contribution in [1.82, 2.24) is 5.32 Å². The number of carbonyl (C=O) groups is 2. The maximum absolute atomic E-state index is 12.1. The monoisotopic (exact) mass is 278 g/mol. The quantitative estimate of drug-likeness (QED) is 0.899. The second-order valence-corrected chi connectivity index (χ2v) is 4.59. The summed E-state index contributed by atoms with van der Waals surface area (Å²) in [6, 6.07) is 14.1. The van der Waals surface area contributed by atoms with E-state index in [0.29, 0.717) is 28.1 Å². The van der Waals surface area contributed by atoms with Crippen LogP contribution in [0.25, 0.3) is 5.57 Å². The highest BCUT2D eigenvalue weighted by atomic mass is 16.2. The third-order valence-corrected chi connectivity index (χ3v) is 3.18. The molecule has 0 unspecified atom stereocenters. The predicted molar refractivity (Wildman–Crippen MR) is 79.8 cm³/mol. The molecule has 0 fully saturated rings. The second-order valence-electron chi connectivity index (χ2n) is 4.59. The second kappa shape index (κ2) is 5.13. The fourth-order valence-electron chi connectivity index (χ4n) is 2.13. The van der Waals surface area contributed by atoms with E-state index in [9.17, 15) is 9.59 Å². The molecule has 0 saturated carbocycles. The van der Waals surface area contributed by atoms with Gasteiger partial charge in [-0.1, -0.05) is 18.2 Å². The molecular formula is C16H12N3O2. The van der Waals surface area contributed by atoms with E-state index in [2.05, 4.69) is 10.6 Å². The molecule has 0 aliphatic carbocycles. The van der Waals surface area contributed by atoms with Gasteiger partial charge in [0.15, 0.2) is 0 Å². The van der Waals surface area contributed by atoms with E-state index in [1.807, 2.05) is 6.07 Å². The Morgan fingerprint density at radius 1 is 1.05 bits per heavy atom. The van der Waals surface area contributed by atoms with Gasteiger partial charge in [0.1, 0.15) is 0 Å². The third kappa shape index (κ3) is 2.49. The van der Waals surface area contributed by atoms with Crippen molar-refractivity contribution in [2.75, 3.05) is 5.32 Å². The first-order valence-electron chi connectivity index (χ1n) is 6.37. The van der Waals surface area contributed by atoms with Crippen molar-refractivity contribution in [1.29, 1.82) is 0 Å². The standard InChI is InChI=1S/C16H12N3O2/c17-15(20)13-9-18-14-7-6-11(8-12(13)14)19-16(21)10-4-2-1-3-5-10/h1-9H,(H2,17,20)(H,19,21). The van der Waals surface area contributed by atoms with Crippen LogP contribution in [-0.2, 0) is 4.79 Å². The third-order valence-electron chi connectivity index (χ3n) is 3.18. The summed E-state index contributed by atoms with van der Waals surface area (Å²) in [5, 5.41) is 6.89. The molecule has 0 atom stereocenters. The van der Waals surface area contributed by atoms with Crippen molar-refractivity contribution in [3.8, 4) is 0 Å². The minimum Gasteiger partial charge on any atom is -0.366 e. The van der Waals surface area contributed by atoms with Gasteiger partial charge in [0.25, 0.3) is 11.8 Å². The lowest BCUT2D eigenvalue weighted by atomic mass is 10.1. The van der Waals surface area contributed by atoms with Gasteiger partial charge in [0, 0.05) is 23.0 Å². The van der Waals surface area contributed by atoms with Crippen molar-refractivity contribution >= 4 is 28.8 Å². The van der Waals surface area contributed by atoms with Crippen molar-refractivity contribution in [3.63, 3.8) is 0 Å². The van der Waals surface area contributed by atoms with E-state index >= 15 is 0 Å². The number of hydrogen-bond acceptors (Lipinski definition) is 2. The first-order valence-corrected chi connectivity index (χ1v) is 6.37. The smallest absolute Gasteiger partial charge is 0.255 e. The summed E-state index contributed by atoms with van der Waals surface area (Å²) < 4.78 is 0. The van der Waals surface area contributed by atoms with E-state index in [1.54, 1.807) is 42.5 Å². The maximum atomic E-state index is 12.1. The van der Waals surface area contributed by atoms with Gasteiger partial charge < -0.3 is 11.1 Å². The van der Waals surface area contributed by atoms with Gasteiger partial charge >= 0.3 is 0 Å². The normalized spacial score (nSPS) is 12.1. The van der Waals surface area contributed by atoms with Crippen LogP contribution in [0.1, 0.15) is 15.9 Å². The molecule has 1 radical (unpaired) electrons. The highest BCUT2D eigenvalue weighted by Gasteiger charge is 2.20. The van der Waals surface area contributed by atoms with Crippen LogP contribution in [0, 0.1) is 0 Å². The van der Waals surface area contributed by atoms with Gasteiger partial charge in [0.2, 0.25) is 0 Å². The number of nitrogens with zero attached hydrogens (tertiary/aromatic N) is 1. The van der Waals surface area contributed by atoms with Crippen LogP contribution in [0.2, 0.25) is 0 Å². The van der Waals surface area contributed by atoms with Crippen molar-refractivity contribution in [2.24, 2.45) is 5.73 Å². The molecule has 0 spiro atoms. The van der Waals surface area contributed by atoms with Crippen molar-refractivity contribution in [2.45, 2.75) is 0 Å². The lowest BCUT2D eigenvalue weighted by molar-refractivity contribution is -0.112. The summed E-state index contributed by atoms with van der Waals surface area (Å²) in [5.41, 5.74) is 8.10. The molecule has 0 bridgehead atoms. The van der Waals surface area contributed by atoms with Crippen LogP contribution in [0.15, 0.2) is 54.7 Å². The number of nitrogens with two attached hydrogens (primary N) is 1. The zero-order valence-electron chi connectivity index (χ0n) is 11.0. The van der Waals surface area contributed by atoms with Gasteiger partial charge in [-0.2, -0.15) is 0 Å². The Morgan fingerprint density at radius 3 is 2.52 bits per heavy atom. The Hall–Kier alpha value is -3.08. The Bertz CT molecular complexity index is 751. The molecule has 2 aromatic rings. The van der Waals surface area contributed by atoms with Crippen molar-refractivity contribution < 1.29 is 9.59 Å². The molecule has 0 saturated heterocycles. The Kier molecular flexibility index (Phi) is 3.16. The van der Waals surface area contributed by atoms with Crippen LogP contribution >= 0.6 is 0 Å². The van der Waals surface area contributed by atoms with Gasteiger partial charge in [-0.25, -0.2) is 0 Å². The summed E-state index contributed by atoms with van der Waals surface area (Å²) in [6.45, 7) is 0. The number of fused-ring (bicyclic) bond motifs is 1. The molecule has 2 aromatic carbocycles. The zero-order valence-corrected chi connectivity index (χ0v) is 11.0. The van der Waals surface area contributed by atoms with E-state index in [-0.39, 0.29) is 5.91 Å². The Balaban J connectivity index is 1.85. The van der Waals surface area contributed by atoms with E-state index in [4.69, 9.17) is 5.73 Å². The molecule has 0 aromatic heterocycles. The first-order chi connectivity index (χ1) is 10.1. The number of rotatable bonds is 3. The molecule has 2 amide bonds. The number of carbonyl (C=O) groups excluding carboxylic acids is 2. The van der Waals surface area contributed by atoms with Gasteiger partial charge in [0.05, 0.1) is 11.3 Å². The Labute approximate surface area is 121 Å². The lowest BCUT2D eigenvalue weighted by Gasteiger charge is -2.08. The summed E-state index contributed by atoms with van der Waals surface area (Å²) in [4.78, 5) is 23.4. The molecule has 3 N–H and O–H groups in total. The first kappa shape index (κ1) is 12.9. The topological polar surface area (TPSA) is 86.3 Å². The maximum Gasteiger partial charge on any atom is 0.255 e. The zero-order chi connectivity index (χ0) is 14.8. The molecule has 1 aliphatic rings. The highest BCUT2D eigenvalue weighted by molar-refractivity contribution is 6.21. The van der Waals surface area contributed by atoms with Gasteiger partial charge in [-0.15, -0.1) is 0 Å². The number of anilines is 1. The summed E-state index contributed by atoms with van der Waals surface area (Å²) >= 11 is 0. The molecule has 1 aliphatic heterocycles. The number of hydrogen-bond donors (Lipinski definition) is 2. The average Bonchev–Trinajstić information content (AvgIpc) is 2.91. The molecule has 21 heavy (non-hydrogen) atoms. The van der Waals surface area contributed by atoms with Crippen molar-refractivity contribution in [3.05, 3.63) is 65.9 Å². The summed E-state index contributed by atoms with van der Waals surface area (Å²) in [5.74, 6) is -0.751. The number of amides is 2. The van der Waals surface area contributed by atoms with Crippen LogP contribution in [-0.4, -0.2) is 11.8 Å². The number of primary amides is 1. The number of benzene rings is 2. The molecular weight excluding hydrogens is 266 g/mol. The molecule has 5 heteroatoms. The van der Waals surface area contributed by atoms with Gasteiger partial charge in [-0.05, 0) is 30.3 Å². The SMILES string of the molecule is NC(=O)C1=C[N]c2ccc(NC(=O)c3ccccc3)cc21. The fourth-order valence-corrected chi connectivity index (χ4v) is 2.13. The summed E-state index contributed by atoms with van der Waals surface area (Å²) in [6.07, 6.45) is 1.44. The minimum atomic E-state index is -0.538. The lowest BCUT2D eigenvalue weighted by Crippen LogP contribution is -2.13. The Morgan fingerprint density at radius 2 is 1.81 bits per heavy atom. The predicted octanol–water partition coefficient (Wildman–Crippen LogP) is 2.01. The van der Waals surface area contributed by atoms with E-state index in [0.717, 1.165) is 0 Å². The van der Waals surface area contributed by atoms with Crippen LogP contribution in [0.4, 0.5) is 11.4 Å². The van der Waals surface area contributed by atoms with Crippen LogP contribution in [0.5, 0.6) is 0 Å². The highest BCUT2D eigenvalue weighted by Crippen LogP contribution is 2.32. The average molecular weight is 278 g/mol. The molecule has 3 rings (SSSR count). The van der Waals surface area contributed by atoms with E-state index in [1.165, 1.54) is 6.20 Å². The molecule has 103 valence electrons.